The van der Waals surface area contributed by atoms with Crippen LogP contribution in [0.15, 0.2) is 10.8 Å². The van der Waals surface area contributed by atoms with Crippen LogP contribution in [0.5, 0.6) is 0 Å². The van der Waals surface area contributed by atoms with Crippen LogP contribution in [-0.2, 0) is 0 Å². The molecule has 1 unspecified atom stereocenters. The van der Waals surface area contributed by atoms with Gasteiger partial charge < -0.3 is 5.32 Å². The standard InChI is InChI=1S/C11H14BrClN4/c12-9-10(13)14-6-15-11(9)16-7-3-4-17(5-7)8-1-2-8/h6-8H,1-5H2,(H,14,15,16). The Morgan fingerprint density at radius 3 is 2.94 bits per heavy atom. The quantitative estimate of drug-likeness (QED) is 0.870. The third kappa shape index (κ3) is 2.56. The van der Waals surface area contributed by atoms with Crippen LogP contribution in [-0.4, -0.2) is 40.0 Å². The van der Waals surface area contributed by atoms with Crippen LogP contribution in [0.4, 0.5) is 5.82 Å². The molecule has 0 bridgehead atoms. The fourth-order valence-electron chi connectivity index (χ4n) is 2.32. The Bertz CT molecular complexity index is 424. The van der Waals surface area contributed by atoms with Gasteiger partial charge in [0.2, 0.25) is 0 Å². The van der Waals surface area contributed by atoms with E-state index >= 15 is 0 Å². The molecule has 4 nitrogen and oxygen atoms in total. The molecule has 1 N–H and O–H groups in total. The molecule has 17 heavy (non-hydrogen) atoms. The highest BCUT2D eigenvalue weighted by Crippen LogP contribution is 2.32. The summed E-state index contributed by atoms with van der Waals surface area (Å²) in [4.78, 5) is 10.7. The van der Waals surface area contributed by atoms with E-state index in [0.717, 1.165) is 22.9 Å². The number of rotatable bonds is 3. The number of hydrogen-bond acceptors (Lipinski definition) is 4. The van der Waals surface area contributed by atoms with Gasteiger partial charge in [0.1, 0.15) is 17.3 Å². The van der Waals surface area contributed by atoms with Crippen LogP contribution in [0.2, 0.25) is 5.15 Å². The van der Waals surface area contributed by atoms with Gasteiger partial charge in [-0.2, -0.15) is 0 Å². The number of aromatic nitrogens is 2. The van der Waals surface area contributed by atoms with Crippen molar-refractivity contribution in [1.29, 1.82) is 0 Å². The van der Waals surface area contributed by atoms with Gasteiger partial charge in [0.05, 0.1) is 4.47 Å². The van der Waals surface area contributed by atoms with Crippen molar-refractivity contribution in [2.75, 3.05) is 18.4 Å². The van der Waals surface area contributed by atoms with Crippen molar-refractivity contribution in [2.24, 2.45) is 0 Å². The van der Waals surface area contributed by atoms with Gasteiger partial charge in [0.15, 0.2) is 0 Å². The van der Waals surface area contributed by atoms with Crippen molar-refractivity contribution >= 4 is 33.3 Å². The van der Waals surface area contributed by atoms with E-state index in [2.05, 4.69) is 36.1 Å². The van der Waals surface area contributed by atoms with E-state index in [-0.39, 0.29) is 0 Å². The Balaban J connectivity index is 1.65. The fraction of sp³-hybridized carbons (Fsp3) is 0.636. The zero-order valence-corrected chi connectivity index (χ0v) is 11.7. The number of nitrogens with one attached hydrogen (secondary N) is 1. The van der Waals surface area contributed by atoms with Crippen LogP contribution >= 0.6 is 27.5 Å². The molecule has 1 saturated heterocycles. The molecule has 1 aromatic rings. The van der Waals surface area contributed by atoms with Crippen molar-refractivity contribution in [2.45, 2.75) is 31.3 Å². The molecule has 0 spiro atoms. The predicted octanol–water partition coefficient (Wildman–Crippen LogP) is 2.54. The van der Waals surface area contributed by atoms with E-state index in [1.165, 1.54) is 32.1 Å². The van der Waals surface area contributed by atoms with Crippen molar-refractivity contribution < 1.29 is 0 Å². The lowest BCUT2D eigenvalue weighted by atomic mass is 10.2. The first kappa shape index (κ1) is 11.7. The van der Waals surface area contributed by atoms with Gasteiger partial charge in [0, 0.05) is 25.2 Å². The minimum atomic E-state index is 0.458. The Hall–Kier alpha value is -0.390. The topological polar surface area (TPSA) is 41.1 Å². The number of anilines is 1. The summed E-state index contributed by atoms with van der Waals surface area (Å²) in [7, 11) is 0. The average Bonchev–Trinajstić information content (AvgIpc) is 3.06. The second-order valence-corrected chi connectivity index (χ2v) is 5.83. The van der Waals surface area contributed by atoms with E-state index in [4.69, 9.17) is 11.6 Å². The predicted molar refractivity (Wildman–Crippen MR) is 71.4 cm³/mol. The van der Waals surface area contributed by atoms with Gasteiger partial charge in [-0.15, -0.1) is 0 Å². The summed E-state index contributed by atoms with van der Waals surface area (Å²) in [6.07, 6.45) is 5.40. The molecular formula is C11H14BrClN4. The highest BCUT2D eigenvalue weighted by Gasteiger charge is 2.34. The van der Waals surface area contributed by atoms with Crippen molar-refractivity contribution in [1.82, 2.24) is 14.9 Å². The SMILES string of the molecule is Clc1ncnc(NC2CCN(C3CC3)C2)c1Br. The lowest BCUT2D eigenvalue weighted by molar-refractivity contribution is 0.326. The molecule has 1 aromatic heterocycles. The summed E-state index contributed by atoms with van der Waals surface area (Å²) in [6, 6.07) is 1.32. The number of hydrogen-bond donors (Lipinski definition) is 1. The first-order valence-electron chi connectivity index (χ1n) is 5.90. The maximum Gasteiger partial charge on any atom is 0.148 e. The van der Waals surface area contributed by atoms with E-state index in [0.29, 0.717) is 11.2 Å². The number of likely N-dealkylation sites (tertiary alicyclic amines) is 1. The molecule has 2 fully saturated rings. The number of nitrogens with zero attached hydrogens (tertiary/aromatic N) is 3. The molecule has 2 aliphatic rings. The maximum absolute atomic E-state index is 5.94. The van der Waals surface area contributed by atoms with Crippen LogP contribution in [0.1, 0.15) is 19.3 Å². The molecule has 0 radical (unpaired) electrons. The largest absolute Gasteiger partial charge is 0.365 e. The Morgan fingerprint density at radius 1 is 1.35 bits per heavy atom. The number of halogens is 2. The summed E-state index contributed by atoms with van der Waals surface area (Å²) < 4.78 is 0.756. The highest BCUT2D eigenvalue weighted by molar-refractivity contribution is 9.10. The van der Waals surface area contributed by atoms with Gasteiger partial charge in [0.25, 0.3) is 0 Å². The van der Waals surface area contributed by atoms with E-state index < -0.39 is 0 Å². The van der Waals surface area contributed by atoms with Gasteiger partial charge in [-0.05, 0) is 35.2 Å². The third-order valence-electron chi connectivity index (χ3n) is 3.37. The lowest BCUT2D eigenvalue weighted by Crippen LogP contribution is -2.28. The Labute approximate surface area is 114 Å². The zero-order valence-electron chi connectivity index (χ0n) is 9.37. The van der Waals surface area contributed by atoms with Crippen LogP contribution in [0, 0.1) is 0 Å². The second kappa shape index (κ2) is 4.71. The van der Waals surface area contributed by atoms with Crippen LogP contribution in [0.25, 0.3) is 0 Å². The molecule has 0 aromatic carbocycles. The fourth-order valence-corrected chi connectivity index (χ4v) is 2.77. The van der Waals surface area contributed by atoms with E-state index in [1.807, 2.05) is 0 Å². The van der Waals surface area contributed by atoms with Crippen molar-refractivity contribution in [3.63, 3.8) is 0 Å². The lowest BCUT2D eigenvalue weighted by Gasteiger charge is -2.16. The smallest absolute Gasteiger partial charge is 0.148 e. The average molecular weight is 318 g/mol. The highest BCUT2D eigenvalue weighted by atomic mass is 79.9. The summed E-state index contributed by atoms with van der Waals surface area (Å²) in [5.41, 5.74) is 0. The van der Waals surface area contributed by atoms with Gasteiger partial charge >= 0.3 is 0 Å². The van der Waals surface area contributed by atoms with Gasteiger partial charge in [-0.3, -0.25) is 4.90 Å². The monoisotopic (exact) mass is 316 g/mol. The molecular weight excluding hydrogens is 304 g/mol. The Kier molecular flexibility index (Phi) is 3.23. The third-order valence-corrected chi connectivity index (χ3v) is 4.64. The molecule has 6 heteroatoms. The van der Waals surface area contributed by atoms with Crippen molar-refractivity contribution in [3.05, 3.63) is 16.0 Å². The minimum Gasteiger partial charge on any atom is -0.365 e. The molecule has 92 valence electrons. The van der Waals surface area contributed by atoms with Crippen molar-refractivity contribution in [3.8, 4) is 0 Å². The first-order valence-corrected chi connectivity index (χ1v) is 7.07. The minimum absolute atomic E-state index is 0.458. The van der Waals surface area contributed by atoms with E-state index in [1.54, 1.807) is 0 Å². The molecule has 1 aliphatic carbocycles. The summed E-state index contributed by atoms with van der Waals surface area (Å²) in [6.45, 7) is 2.30. The normalized spacial score (nSPS) is 25.2. The molecule has 1 aliphatic heterocycles. The van der Waals surface area contributed by atoms with E-state index in [9.17, 15) is 0 Å². The molecule has 2 heterocycles. The molecule has 1 atom stereocenters. The van der Waals surface area contributed by atoms with Gasteiger partial charge in [-0.1, -0.05) is 11.6 Å². The maximum atomic E-state index is 5.94. The van der Waals surface area contributed by atoms with Crippen LogP contribution < -0.4 is 5.32 Å². The van der Waals surface area contributed by atoms with Gasteiger partial charge in [-0.25, -0.2) is 9.97 Å². The molecule has 1 saturated carbocycles. The van der Waals surface area contributed by atoms with Crippen LogP contribution in [0.3, 0.4) is 0 Å². The molecule has 3 rings (SSSR count). The Morgan fingerprint density at radius 2 is 2.18 bits per heavy atom. The zero-order chi connectivity index (χ0) is 11.8. The molecule has 0 amide bonds. The first-order chi connectivity index (χ1) is 8.24. The second-order valence-electron chi connectivity index (χ2n) is 4.68. The summed E-state index contributed by atoms with van der Waals surface area (Å²) >= 11 is 9.35. The summed E-state index contributed by atoms with van der Waals surface area (Å²) in [5, 5.41) is 3.90. The summed E-state index contributed by atoms with van der Waals surface area (Å²) in [5.74, 6) is 0.799.